The molecule has 2 aliphatic heterocycles. The fraction of sp³-hybridized carbons (Fsp3) is 0.471. The number of carboxylic acid groups (broad SMARTS) is 1. The third-order valence-corrected chi connectivity index (χ3v) is 4.99. The molecule has 0 aliphatic carbocycles. The van der Waals surface area contributed by atoms with Gasteiger partial charge in [-0.05, 0) is 31.9 Å². The average molecular weight is 334 g/mol. The lowest BCUT2D eigenvalue weighted by molar-refractivity contribution is -0.156. The Kier molecular flexibility index (Phi) is 4.03. The van der Waals surface area contributed by atoms with Crippen LogP contribution in [0.25, 0.3) is 0 Å². The number of carbonyl (C=O) groups excluding carboxylic acids is 2. The quantitative estimate of drug-likeness (QED) is 0.912. The lowest BCUT2D eigenvalue weighted by atomic mass is 9.97. The molecule has 2 amide bonds. The maximum Gasteiger partial charge on any atom is 0.329 e. The fourth-order valence-corrected chi connectivity index (χ4v) is 3.54. The summed E-state index contributed by atoms with van der Waals surface area (Å²) >= 11 is 0. The van der Waals surface area contributed by atoms with E-state index in [1.807, 2.05) is 0 Å². The molecule has 7 heteroatoms. The van der Waals surface area contributed by atoms with Gasteiger partial charge in [-0.25, -0.2) is 9.18 Å². The van der Waals surface area contributed by atoms with E-state index in [9.17, 15) is 23.9 Å². The minimum atomic E-state index is -1.23. The smallest absolute Gasteiger partial charge is 0.329 e. The van der Waals surface area contributed by atoms with Crippen molar-refractivity contribution >= 4 is 23.5 Å². The standard InChI is InChI=1S/C17H19FN2O4/c1-17(16(23)24)7-4-8-20(17)15(22)11-9-14(21)19(10-11)13-6-3-2-5-12(13)18/h2-3,5-6,11H,4,7-10H2,1H3,(H,23,24). The van der Waals surface area contributed by atoms with Crippen molar-refractivity contribution in [2.24, 2.45) is 5.92 Å². The molecule has 2 unspecified atom stereocenters. The van der Waals surface area contributed by atoms with Crippen molar-refractivity contribution in [1.29, 1.82) is 0 Å². The molecule has 2 aliphatic rings. The summed E-state index contributed by atoms with van der Waals surface area (Å²) in [6.07, 6.45) is 0.984. The molecule has 24 heavy (non-hydrogen) atoms. The Morgan fingerprint density at radius 1 is 1.33 bits per heavy atom. The zero-order chi connectivity index (χ0) is 17.5. The first kappa shape index (κ1) is 16.4. The topological polar surface area (TPSA) is 77.9 Å². The van der Waals surface area contributed by atoms with Crippen molar-refractivity contribution in [2.45, 2.75) is 31.7 Å². The largest absolute Gasteiger partial charge is 0.480 e. The summed E-state index contributed by atoms with van der Waals surface area (Å²) in [5, 5.41) is 9.43. The number of hydrogen-bond donors (Lipinski definition) is 1. The van der Waals surface area contributed by atoms with Gasteiger partial charge in [-0.2, -0.15) is 0 Å². The second-order valence-electron chi connectivity index (χ2n) is 6.53. The number of halogens is 1. The molecule has 1 aromatic rings. The van der Waals surface area contributed by atoms with E-state index in [0.717, 1.165) is 0 Å². The summed E-state index contributed by atoms with van der Waals surface area (Å²) in [5.41, 5.74) is -1.08. The van der Waals surface area contributed by atoms with Gasteiger partial charge in [0.15, 0.2) is 0 Å². The number of carboxylic acids is 1. The Hall–Kier alpha value is -2.44. The number of amides is 2. The first-order valence-electron chi connectivity index (χ1n) is 7.94. The predicted molar refractivity (Wildman–Crippen MR) is 83.8 cm³/mol. The van der Waals surface area contributed by atoms with Crippen LogP contribution in [0.3, 0.4) is 0 Å². The van der Waals surface area contributed by atoms with Crippen molar-refractivity contribution in [3.63, 3.8) is 0 Å². The molecule has 0 saturated carbocycles. The number of carbonyl (C=O) groups is 3. The third kappa shape index (κ3) is 2.53. The Labute approximate surface area is 138 Å². The van der Waals surface area contributed by atoms with Crippen LogP contribution in [0.1, 0.15) is 26.2 Å². The van der Waals surface area contributed by atoms with E-state index in [2.05, 4.69) is 0 Å². The summed E-state index contributed by atoms with van der Waals surface area (Å²) in [7, 11) is 0. The number of aliphatic carboxylic acids is 1. The van der Waals surface area contributed by atoms with Crippen molar-refractivity contribution in [3.8, 4) is 0 Å². The van der Waals surface area contributed by atoms with Crippen LogP contribution in [0.5, 0.6) is 0 Å². The number of benzene rings is 1. The molecule has 2 atom stereocenters. The molecule has 1 aromatic carbocycles. The Balaban J connectivity index is 1.80. The minimum Gasteiger partial charge on any atom is -0.480 e. The van der Waals surface area contributed by atoms with E-state index >= 15 is 0 Å². The van der Waals surface area contributed by atoms with E-state index < -0.39 is 23.2 Å². The highest BCUT2D eigenvalue weighted by Gasteiger charge is 2.49. The maximum atomic E-state index is 13.9. The second-order valence-corrected chi connectivity index (χ2v) is 6.53. The summed E-state index contributed by atoms with van der Waals surface area (Å²) < 4.78 is 13.9. The van der Waals surface area contributed by atoms with Crippen LogP contribution < -0.4 is 4.90 Å². The van der Waals surface area contributed by atoms with E-state index in [4.69, 9.17) is 0 Å². The molecule has 2 fully saturated rings. The summed E-state index contributed by atoms with van der Waals surface area (Å²) in [6.45, 7) is 1.97. The Bertz CT molecular complexity index is 708. The molecule has 1 N–H and O–H groups in total. The summed E-state index contributed by atoms with van der Waals surface area (Å²) in [6, 6.07) is 5.92. The van der Waals surface area contributed by atoms with Crippen molar-refractivity contribution in [1.82, 2.24) is 4.90 Å². The Morgan fingerprint density at radius 3 is 2.71 bits per heavy atom. The summed E-state index contributed by atoms with van der Waals surface area (Å²) in [4.78, 5) is 39.1. The predicted octanol–water partition coefficient (Wildman–Crippen LogP) is 1.64. The zero-order valence-electron chi connectivity index (χ0n) is 13.4. The number of anilines is 1. The van der Waals surface area contributed by atoms with Gasteiger partial charge in [0.1, 0.15) is 11.4 Å². The highest BCUT2D eigenvalue weighted by Crippen LogP contribution is 2.34. The number of nitrogens with zero attached hydrogens (tertiary/aromatic N) is 2. The van der Waals surface area contributed by atoms with Gasteiger partial charge in [-0.1, -0.05) is 12.1 Å². The average Bonchev–Trinajstić information content (AvgIpc) is 3.11. The number of hydrogen-bond acceptors (Lipinski definition) is 3. The molecule has 3 rings (SSSR count). The minimum absolute atomic E-state index is 0.0284. The molecule has 0 spiro atoms. The Morgan fingerprint density at radius 2 is 2.04 bits per heavy atom. The number of para-hydroxylation sites is 1. The molecule has 0 radical (unpaired) electrons. The monoisotopic (exact) mass is 334 g/mol. The molecule has 2 saturated heterocycles. The summed E-state index contributed by atoms with van der Waals surface area (Å²) in [5.74, 6) is -2.87. The van der Waals surface area contributed by atoms with Gasteiger partial charge in [-0.3, -0.25) is 9.59 Å². The zero-order valence-corrected chi connectivity index (χ0v) is 13.4. The fourth-order valence-electron chi connectivity index (χ4n) is 3.54. The van der Waals surface area contributed by atoms with Gasteiger partial charge in [0.2, 0.25) is 11.8 Å². The first-order chi connectivity index (χ1) is 11.3. The van der Waals surface area contributed by atoms with Gasteiger partial charge in [0.25, 0.3) is 0 Å². The molecular formula is C17H19FN2O4. The highest BCUT2D eigenvalue weighted by molar-refractivity contribution is 6.01. The van der Waals surface area contributed by atoms with Crippen LogP contribution >= 0.6 is 0 Å². The van der Waals surface area contributed by atoms with E-state index in [-0.39, 0.29) is 30.5 Å². The van der Waals surface area contributed by atoms with Crippen molar-refractivity contribution < 1.29 is 23.9 Å². The number of rotatable bonds is 3. The van der Waals surface area contributed by atoms with E-state index in [1.54, 1.807) is 6.07 Å². The molecule has 2 heterocycles. The van der Waals surface area contributed by atoms with Crippen LogP contribution in [0.15, 0.2) is 24.3 Å². The molecule has 0 aromatic heterocycles. The van der Waals surface area contributed by atoms with Gasteiger partial charge in [0, 0.05) is 19.5 Å². The van der Waals surface area contributed by atoms with E-state index in [0.29, 0.717) is 19.4 Å². The SMILES string of the molecule is CC1(C(=O)O)CCCN1C(=O)C1CC(=O)N(c2ccccc2F)C1. The van der Waals surface area contributed by atoms with Gasteiger partial charge >= 0.3 is 5.97 Å². The van der Waals surface area contributed by atoms with Crippen molar-refractivity contribution in [2.75, 3.05) is 18.0 Å². The molecule has 6 nitrogen and oxygen atoms in total. The number of likely N-dealkylation sites (tertiary alicyclic amines) is 1. The lowest BCUT2D eigenvalue weighted by Crippen LogP contribution is -2.52. The maximum absolute atomic E-state index is 13.9. The van der Waals surface area contributed by atoms with Crippen molar-refractivity contribution in [3.05, 3.63) is 30.1 Å². The van der Waals surface area contributed by atoms with Crippen LogP contribution in [-0.4, -0.2) is 46.4 Å². The van der Waals surface area contributed by atoms with Crippen LogP contribution in [0, 0.1) is 11.7 Å². The first-order valence-corrected chi connectivity index (χ1v) is 7.94. The van der Waals surface area contributed by atoms with Gasteiger partial charge in [0.05, 0.1) is 11.6 Å². The van der Waals surface area contributed by atoms with Gasteiger partial charge < -0.3 is 14.9 Å². The normalized spacial score (nSPS) is 26.9. The second kappa shape index (κ2) is 5.89. The van der Waals surface area contributed by atoms with E-state index in [1.165, 1.54) is 34.9 Å². The van der Waals surface area contributed by atoms with Crippen LogP contribution in [0.2, 0.25) is 0 Å². The molecule has 0 bridgehead atoms. The third-order valence-electron chi connectivity index (χ3n) is 4.99. The van der Waals surface area contributed by atoms with Crippen LogP contribution in [-0.2, 0) is 14.4 Å². The van der Waals surface area contributed by atoms with Crippen LogP contribution in [0.4, 0.5) is 10.1 Å². The highest BCUT2D eigenvalue weighted by atomic mass is 19.1. The lowest BCUT2D eigenvalue weighted by Gasteiger charge is -2.33. The molecule has 128 valence electrons. The molecular weight excluding hydrogens is 315 g/mol. The van der Waals surface area contributed by atoms with Gasteiger partial charge in [-0.15, -0.1) is 0 Å².